The van der Waals surface area contributed by atoms with Crippen molar-refractivity contribution < 1.29 is 37.0 Å². The van der Waals surface area contributed by atoms with Crippen LogP contribution in [0.3, 0.4) is 0 Å². The molecule has 1 N–H and O–H groups in total. The van der Waals surface area contributed by atoms with Crippen LogP contribution in [0.15, 0.2) is 41.3 Å². The van der Waals surface area contributed by atoms with Gasteiger partial charge in [0.15, 0.2) is 6.29 Å². The van der Waals surface area contributed by atoms with Gasteiger partial charge in [0.25, 0.3) is 0 Å². The first-order valence-corrected chi connectivity index (χ1v) is 11.4. The number of sulfonamides is 1. The van der Waals surface area contributed by atoms with E-state index in [1.165, 1.54) is 26.0 Å². The topological polar surface area (TPSA) is 117 Å². The van der Waals surface area contributed by atoms with Gasteiger partial charge in [0.2, 0.25) is 10.0 Å². The maximum absolute atomic E-state index is 13.0. The smallest absolute Gasteiger partial charge is 0.303 e. The molecule has 0 saturated carbocycles. The lowest BCUT2D eigenvalue weighted by molar-refractivity contribution is -0.240. The van der Waals surface area contributed by atoms with E-state index in [1.54, 1.807) is 24.3 Å². The van der Waals surface area contributed by atoms with Gasteiger partial charge < -0.3 is 18.9 Å². The number of ether oxygens (including phenoxy) is 4. The number of benzene rings is 1. The molecule has 0 unspecified atom stereocenters. The Morgan fingerprint density at radius 3 is 2.45 bits per heavy atom. The molecule has 0 aromatic heterocycles. The molecule has 4 atom stereocenters. The summed E-state index contributed by atoms with van der Waals surface area (Å²) < 4.78 is 50.4. The SMILES string of the molecule is C/C=C/CO[C@@H]1C[C@H](NS(=O)(=O)c2ccc(C)cc2)[C@@H](OC(C)=O)[C@@H](COC(C)=O)O1. The summed E-state index contributed by atoms with van der Waals surface area (Å²) in [6.45, 7) is 6.16. The molecule has 1 aromatic carbocycles. The number of hydrogen-bond donors (Lipinski definition) is 1. The van der Waals surface area contributed by atoms with E-state index in [0.29, 0.717) is 0 Å². The van der Waals surface area contributed by atoms with Crippen LogP contribution in [0.1, 0.15) is 32.8 Å². The molecule has 0 amide bonds. The summed E-state index contributed by atoms with van der Waals surface area (Å²) in [6.07, 6.45) is 0.944. The summed E-state index contributed by atoms with van der Waals surface area (Å²) in [5, 5.41) is 0. The minimum absolute atomic E-state index is 0.0779. The summed E-state index contributed by atoms with van der Waals surface area (Å²) in [6, 6.07) is 5.51. The van der Waals surface area contributed by atoms with Gasteiger partial charge in [0.05, 0.1) is 17.5 Å². The molecule has 1 saturated heterocycles. The van der Waals surface area contributed by atoms with Crippen molar-refractivity contribution in [2.24, 2.45) is 0 Å². The molecular formula is C21H29NO8S. The van der Waals surface area contributed by atoms with Crippen molar-refractivity contribution in [2.45, 2.75) is 63.6 Å². The highest BCUT2D eigenvalue weighted by atomic mass is 32.2. The fourth-order valence-corrected chi connectivity index (χ4v) is 4.34. The standard InChI is InChI=1S/C21H29NO8S/c1-5-6-11-27-20-12-18(22-31(25,26)17-9-7-14(2)8-10-17)21(29-16(4)24)19(30-20)13-28-15(3)23/h5-10,18-22H,11-13H2,1-4H3/b6-5+/t18-,19+,20-,21+/m0/s1. The van der Waals surface area contributed by atoms with Gasteiger partial charge in [-0.3, -0.25) is 9.59 Å². The van der Waals surface area contributed by atoms with E-state index in [9.17, 15) is 18.0 Å². The van der Waals surface area contributed by atoms with Gasteiger partial charge in [-0.15, -0.1) is 0 Å². The van der Waals surface area contributed by atoms with Crippen molar-refractivity contribution >= 4 is 22.0 Å². The van der Waals surface area contributed by atoms with Crippen LogP contribution >= 0.6 is 0 Å². The van der Waals surface area contributed by atoms with Crippen molar-refractivity contribution in [1.29, 1.82) is 0 Å². The third kappa shape index (κ3) is 7.73. The molecule has 1 aromatic rings. The quantitative estimate of drug-likeness (QED) is 0.443. The van der Waals surface area contributed by atoms with E-state index < -0.39 is 46.5 Å². The Balaban J connectivity index is 2.30. The second-order valence-corrected chi connectivity index (χ2v) is 8.87. The predicted molar refractivity (Wildman–Crippen MR) is 112 cm³/mol. The Bertz CT molecular complexity index is 881. The van der Waals surface area contributed by atoms with E-state index in [-0.39, 0.29) is 24.5 Å². The zero-order chi connectivity index (χ0) is 23.0. The first-order chi connectivity index (χ1) is 14.6. The number of carbonyl (C=O) groups is 2. The minimum Gasteiger partial charge on any atom is -0.463 e. The van der Waals surface area contributed by atoms with E-state index in [0.717, 1.165) is 5.56 Å². The molecule has 2 rings (SSSR count). The molecule has 1 fully saturated rings. The van der Waals surface area contributed by atoms with Gasteiger partial charge in [0.1, 0.15) is 18.8 Å². The molecule has 172 valence electrons. The first-order valence-electron chi connectivity index (χ1n) is 9.90. The van der Waals surface area contributed by atoms with Crippen LogP contribution in [-0.4, -0.2) is 58.1 Å². The molecule has 10 heteroatoms. The number of aryl methyl sites for hydroxylation is 1. The van der Waals surface area contributed by atoms with Crippen LogP contribution < -0.4 is 4.72 Å². The molecule has 31 heavy (non-hydrogen) atoms. The lowest BCUT2D eigenvalue weighted by atomic mass is 9.99. The molecule has 1 aliphatic rings. The Kier molecular flexibility index (Phi) is 9.17. The van der Waals surface area contributed by atoms with Crippen molar-refractivity contribution in [3.05, 3.63) is 42.0 Å². The van der Waals surface area contributed by atoms with Crippen molar-refractivity contribution in [3.8, 4) is 0 Å². The largest absolute Gasteiger partial charge is 0.463 e. The highest BCUT2D eigenvalue weighted by Gasteiger charge is 2.44. The number of allylic oxidation sites excluding steroid dienone is 1. The predicted octanol–water partition coefficient (Wildman–Crippen LogP) is 1.84. The molecule has 0 bridgehead atoms. The third-order valence-corrected chi connectivity index (χ3v) is 6.05. The summed E-state index contributed by atoms with van der Waals surface area (Å²) in [5.41, 5.74) is 0.918. The van der Waals surface area contributed by atoms with Crippen molar-refractivity contribution in [1.82, 2.24) is 4.72 Å². The number of hydrogen-bond acceptors (Lipinski definition) is 8. The zero-order valence-electron chi connectivity index (χ0n) is 18.1. The van der Waals surface area contributed by atoms with Crippen LogP contribution in [0.4, 0.5) is 0 Å². The van der Waals surface area contributed by atoms with Gasteiger partial charge in [-0.1, -0.05) is 29.8 Å². The number of esters is 2. The summed E-state index contributed by atoms with van der Waals surface area (Å²) in [5.74, 6) is -1.16. The van der Waals surface area contributed by atoms with Gasteiger partial charge >= 0.3 is 11.9 Å². The normalized spacial score (nSPS) is 24.1. The maximum atomic E-state index is 13.0. The van der Waals surface area contributed by atoms with Crippen LogP contribution in [0.5, 0.6) is 0 Å². The average molecular weight is 456 g/mol. The van der Waals surface area contributed by atoms with Gasteiger partial charge in [-0.25, -0.2) is 13.1 Å². The zero-order valence-corrected chi connectivity index (χ0v) is 18.9. The Labute approximate surface area is 182 Å². The second-order valence-electron chi connectivity index (χ2n) is 7.16. The summed E-state index contributed by atoms with van der Waals surface area (Å²) in [7, 11) is -3.92. The van der Waals surface area contributed by atoms with Gasteiger partial charge in [0, 0.05) is 20.3 Å². The first kappa shape index (κ1) is 25.0. The molecular weight excluding hydrogens is 426 g/mol. The maximum Gasteiger partial charge on any atom is 0.303 e. The summed E-state index contributed by atoms with van der Waals surface area (Å²) in [4.78, 5) is 23.1. The Morgan fingerprint density at radius 1 is 1.19 bits per heavy atom. The average Bonchev–Trinajstić information content (AvgIpc) is 2.68. The monoisotopic (exact) mass is 455 g/mol. The third-order valence-electron chi connectivity index (χ3n) is 4.54. The minimum atomic E-state index is -3.92. The molecule has 0 radical (unpaired) electrons. The van der Waals surface area contributed by atoms with Crippen LogP contribution in [-0.2, 0) is 38.6 Å². The Morgan fingerprint density at radius 2 is 1.87 bits per heavy atom. The van der Waals surface area contributed by atoms with Crippen molar-refractivity contribution in [3.63, 3.8) is 0 Å². The number of rotatable bonds is 9. The molecule has 0 spiro atoms. The van der Waals surface area contributed by atoms with Crippen LogP contribution in [0.2, 0.25) is 0 Å². The van der Waals surface area contributed by atoms with Gasteiger partial charge in [-0.05, 0) is 26.0 Å². The highest BCUT2D eigenvalue weighted by Crippen LogP contribution is 2.26. The van der Waals surface area contributed by atoms with E-state index >= 15 is 0 Å². The fraction of sp³-hybridized carbons (Fsp3) is 0.524. The second kappa shape index (κ2) is 11.4. The van der Waals surface area contributed by atoms with E-state index in [2.05, 4.69) is 4.72 Å². The number of nitrogens with one attached hydrogen (secondary N) is 1. The van der Waals surface area contributed by atoms with Crippen molar-refractivity contribution in [2.75, 3.05) is 13.2 Å². The van der Waals surface area contributed by atoms with E-state index in [1.807, 2.05) is 13.8 Å². The lowest BCUT2D eigenvalue weighted by Crippen LogP contribution is -2.58. The Hall–Kier alpha value is -2.27. The van der Waals surface area contributed by atoms with E-state index in [4.69, 9.17) is 18.9 Å². The highest BCUT2D eigenvalue weighted by molar-refractivity contribution is 7.89. The van der Waals surface area contributed by atoms with Crippen LogP contribution in [0.25, 0.3) is 0 Å². The molecule has 0 aliphatic carbocycles. The lowest BCUT2D eigenvalue weighted by Gasteiger charge is -2.40. The van der Waals surface area contributed by atoms with Crippen LogP contribution in [0, 0.1) is 6.92 Å². The molecule has 1 aliphatic heterocycles. The van der Waals surface area contributed by atoms with Gasteiger partial charge in [-0.2, -0.15) is 0 Å². The molecule has 9 nitrogen and oxygen atoms in total. The number of carbonyl (C=O) groups excluding carboxylic acids is 2. The fourth-order valence-electron chi connectivity index (χ4n) is 3.08. The molecule has 1 heterocycles. The summed E-state index contributed by atoms with van der Waals surface area (Å²) >= 11 is 0.